The molecule has 26 heavy (non-hydrogen) atoms. The zero-order chi connectivity index (χ0) is 19.1. The van der Waals surface area contributed by atoms with E-state index in [9.17, 15) is 22.4 Å². The smallest absolute Gasteiger partial charge is 0.238 e. The number of carbonyl (C=O) groups excluding carboxylic acids is 2. The van der Waals surface area contributed by atoms with Gasteiger partial charge in [-0.25, -0.2) is 12.8 Å². The third-order valence-corrected chi connectivity index (χ3v) is 6.37. The Hall–Kier alpha value is -2.54. The summed E-state index contributed by atoms with van der Waals surface area (Å²) in [6.07, 6.45) is 0. The predicted octanol–water partition coefficient (Wildman–Crippen LogP) is 2.36. The normalized spacial score (nSPS) is 19.5. The molecule has 2 aromatic carbocycles. The van der Waals surface area contributed by atoms with E-state index < -0.39 is 44.3 Å². The van der Waals surface area contributed by atoms with Crippen LogP contribution in [-0.2, 0) is 20.0 Å². The Bertz CT molecular complexity index is 988. The molecule has 0 spiro atoms. The summed E-state index contributed by atoms with van der Waals surface area (Å²) in [4.78, 5) is 26.3. The minimum Gasteiger partial charge on any atom is -0.314 e. The Labute approximate surface area is 151 Å². The van der Waals surface area contributed by atoms with Crippen LogP contribution in [0.5, 0.6) is 0 Å². The molecule has 3 rings (SSSR count). The fourth-order valence-corrected chi connectivity index (χ4v) is 5.20. The number of hydrogen-bond donors (Lipinski definition) is 0. The van der Waals surface area contributed by atoms with Gasteiger partial charge in [-0.1, -0.05) is 30.3 Å². The molecule has 136 valence electrons. The highest BCUT2D eigenvalue weighted by atomic mass is 32.2. The number of hydrogen-bond acceptors (Lipinski definition) is 4. The maximum absolute atomic E-state index is 13.7. The van der Waals surface area contributed by atoms with Crippen molar-refractivity contribution in [3.05, 3.63) is 65.5 Å². The molecule has 1 unspecified atom stereocenters. The van der Waals surface area contributed by atoms with Crippen LogP contribution < -0.4 is 4.90 Å². The predicted molar refractivity (Wildman–Crippen MR) is 96.6 cm³/mol. The van der Waals surface area contributed by atoms with Crippen molar-refractivity contribution >= 4 is 27.2 Å². The van der Waals surface area contributed by atoms with Crippen molar-refractivity contribution in [3.8, 4) is 0 Å². The molecule has 1 atom stereocenters. The van der Waals surface area contributed by atoms with Crippen LogP contribution in [0, 0.1) is 5.82 Å². The number of likely N-dealkylation sites (N-methyl/N-ethyl adjacent to an activating group) is 1. The molecular weight excluding hydrogens is 357 g/mol. The zero-order valence-corrected chi connectivity index (χ0v) is 15.2. The standard InChI is InChI=1S/C19H18FNO4S/c1-19(15-10-14(20)8-9-16(15)21(2)18(19)23)12-26(24,25)11-17(22)13-6-4-3-5-7-13/h3-10H,11-12H2,1-2H3. The van der Waals surface area contributed by atoms with Gasteiger partial charge in [0, 0.05) is 18.3 Å². The van der Waals surface area contributed by atoms with E-state index in [1.807, 2.05) is 0 Å². The molecule has 0 radical (unpaired) electrons. The van der Waals surface area contributed by atoms with Crippen LogP contribution in [-0.4, -0.2) is 38.7 Å². The molecule has 0 saturated carbocycles. The van der Waals surface area contributed by atoms with Crippen molar-refractivity contribution in [3.63, 3.8) is 0 Å². The molecule has 0 saturated heterocycles. The van der Waals surface area contributed by atoms with Crippen LogP contribution >= 0.6 is 0 Å². The van der Waals surface area contributed by atoms with Gasteiger partial charge in [-0.2, -0.15) is 0 Å². The zero-order valence-electron chi connectivity index (χ0n) is 14.4. The van der Waals surface area contributed by atoms with Gasteiger partial charge in [-0.3, -0.25) is 9.59 Å². The third kappa shape index (κ3) is 3.14. The number of halogens is 1. The maximum Gasteiger partial charge on any atom is 0.238 e. The van der Waals surface area contributed by atoms with Crippen molar-refractivity contribution < 1.29 is 22.4 Å². The summed E-state index contributed by atoms with van der Waals surface area (Å²) in [5, 5.41) is 0. The Morgan fingerprint density at radius 3 is 2.46 bits per heavy atom. The van der Waals surface area contributed by atoms with Gasteiger partial charge in [0.05, 0.1) is 11.2 Å². The molecule has 0 N–H and O–H groups in total. The van der Waals surface area contributed by atoms with Crippen LogP contribution in [0.3, 0.4) is 0 Å². The van der Waals surface area contributed by atoms with Crippen molar-refractivity contribution in [1.82, 2.24) is 0 Å². The molecule has 1 aliphatic heterocycles. The first-order valence-corrected chi connectivity index (χ1v) is 9.83. The summed E-state index contributed by atoms with van der Waals surface area (Å²) in [6.45, 7) is 1.47. The van der Waals surface area contributed by atoms with E-state index in [1.165, 1.54) is 37.1 Å². The van der Waals surface area contributed by atoms with Gasteiger partial charge in [0.1, 0.15) is 11.6 Å². The van der Waals surface area contributed by atoms with Gasteiger partial charge in [0.25, 0.3) is 0 Å². The van der Waals surface area contributed by atoms with E-state index in [-0.39, 0.29) is 0 Å². The summed E-state index contributed by atoms with van der Waals surface area (Å²) < 4.78 is 39.0. The molecule has 2 aromatic rings. The van der Waals surface area contributed by atoms with E-state index >= 15 is 0 Å². The van der Waals surface area contributed by atoms with Crippen molar-refractivity contribution in [2.45, 2.75) is 12.3 Å². The second kappa shape index (κ2) is 6.32. The highest BCUT2D eigenvalue weighted by molar-refractivity contribution is 7.92. The summed E-state index contributed by atoms with van der Waals surface area (Å²) in [6, 6.07) is 12.0. The fourth-order valence-electron chi connectivity index (χ4n) is 3.37. The SMILES string of the molecule is CN1C(=O)C(C)(CS(=O)(=O)CC(=O)c2ccccc2)c2cc(F)ccc21. The highest BCUT2D eigenvalue weighted by Gasteiger charge is 2.49. The molecule has 1 heterocycles. The highest BCUT2D eigenvalue weighted by Crippen LogP contribution is 2.42. The second-order valence-electron chi connectivity index (χ2n) is 6.68. The number of ketones is 1. The fraction of sp³-hybridized carbons (Fsp3) is 0.263. The minimum atomic E-state index is -3.90. The first-order valence-electron chi connectivity index (χ1n) is 8.01. The number of Topliss-reactive ketones (excluding diaryl/α,β-unsaturated/α-hetero) is 1. The summed E-state index contributed by atoms with van der Waals surface area (Å²) in [7, 11) is -2.38. The largest absolute Gasteiger partial charge is 0.314 e. The van der Waals surface area contributed by atoms with E-state index in [1.54, 1.807) is 30.3 Å². The molecule has 0 aliphatic carbocycles. The maximum atomic E-state index is 13.7. The van der Waals surface area contributed by atoms with E-state index in [4.69, 9.17) is 0 Å². The number of benzene rings is 2. The molecular formula is C19H18FNO4S. The topological polar surface area (TPSA) is 71.5 Å². The number of nitrogens with zero attached hydrogens (tertiary/aromatic N) is 1. The lowest BCUT2D eigenvalue weighted by molar-refractivity contribution is -0.121. The number of amides is 1. The van der Waals surface area contributed by atoms with E-state index in [0.717, 1.165) is 0 Å². The average molecular weight is 375 g/mol. The summed E-state index contributed by atoms with van der Waals surface area (Å²) in [5.41, 5.74) is -0.339. The molecule has 5 nitrogen and oxygen atoms in total. The van der Waals surface area contributed by atoms with Crippen LogP contribution in [0.2, 0.25) is 0 Å². The van der Waals surface area contributed by atoms with E-state index in [2.05, 4.69) is 0 Å². The van der Waals surface area contributed by atoms with Gasteiger partial charge in [-0.15, -0.1) is 0 Å². The first-order chi connectivity index (χ1) is 12.1. The van der Waals surface area contributed by atoms with Crippen LogP contribution in [0.25, 0.3) is 0 Å². The quantitative estimate of drug-likeness (QED) is 0.752. The van der Waals surface area contributed by atoms with Gasteiger partial charge >= 0.3 is 0 Å². The molecule has 1 amide bonds. The number of fused-ring (bicyclic) bond motifs is 1. The lowest BCUT2D eigenvalue weighted by atomic mass is 9.86. The van der Waals surface area contributed by atoms with Gasteiger partial charge in [-0.05, 0) is 30.7 Å². The lowest BCUT2D eigenvalue weighted by Gasteiger charge is -2.23. The lowest BCUT2D eigenvalue weighted by Crippen LogP contribution is -2.42. The number of sulfone groups is 1. The van der Waals surface area contributed by atoms with Gasteiger partial charge < -0.3 is 4.90 Å². The average Bonchev–Trinajstić information content (AvgIpc) is 2.76. The molecule has 0 fully saturated rings. The van der Waals surface area contributed by atoms with Gasteiger partial charge in [0.2, 0.25) is 5.91 Å². The van der Waals surface area contributed by atoms with Crippen LogP contribution in [0.15, 0.2) is 48.5 Å². The molecule has 0 bridgehead atoms. The summed E-state index contributed by atoms with van der Waals surface area (Å²) >= 11 is 0. The second-order valence-corrected chi connectivity index (χ2v) is 8.74. The monoisotopic (exact) mass is 375 g/mol. The van der Waals surface area contributed by atoms with E-state index in [0.29, 0.717) is 16.8 Å². The summed E-state index contributed by atoms with van der Waals surface area (Å²) in [5.74, 6) is -2.77. The first kappa shape index (κ1) is 18.3. The molecule has 7 heteroatoms. The van der Waals surface area contributed by atoms with Crippen LogP contribution in [0.1, 0.15) is 22.8 Å². The van der Waals surface area contributed by atoms with Crippen molar-refractivity contribution in [2.24, 2.45) is 0 Å². The van der Waals surface area contributed by atoms with Gasteiger partial charge in [0.15, 0.2) is 15.6 Å². The Kier molecular flexibility index (Phi) is 4.44. The number of rotatable bonds is 5. The minimum absolute atomic E-state index is 0.294. The van der Waals surface area contributed by atoms with Crippen molar-refractivity contribution in [2.75, 3.05) is 23.5 Å². The third-order valence-electron chi connectivity index (χ3n) is 4.65. The Morgan fingerprint density at radius 1 is 1.15 bits per heavy atom. The van der Waals surface area contributed by atoms with Crippen LogP contribution in [0.4, 0.5) is 10.1 Å². The Morgan fingerprint density at radius 2 is 1.81 bits per heavy atom. The molecule has 0 aromatic heterocycles. The number of carbonyl (C=O) groups is 2. The Balaban J connectivity index is 1.91. The number of anilines is 1. The van der Waals surface area contributed by atoms with Crippen molar-refractivity contribution in [1.29, 1.82) is 0 Å². The molecule has 1 aliphatic rings.